The Morgan fingerprint density at radius 1 is 1.24 bits per heavy atom. The molecule has 1 amide bonds. The lowest BCUT2D eigenvalue weighted by Crippen LogP contribution is -2.17. The molecule has 0 aliphatic carbocycles. The van der Waals surface area contributed by atoms with Gasteiger partial charge in [0.25, 0.3) is 5.91 Å². The number of nitrogens with one attached hydrogen (secondary N) is 1. The topological polar surface area (TPSA) is 86.9 Å². The van der Waals surface area contributed by atoms with Gasteiger partial charge in [-0.15, -0.1) is 0 Å². The summed E-state index contributed by atoms with van der Waals surface area (Å²) < 4.78 is 0. The molecule has 0 unspecified atom stereocenters. The van der Waals surface area contributed by atoms with Crippen molar-refractivity contribution in [3.63, 3.8) is 0 Å². The first-order valence-electron chi connectivity index (χ1n) is 5.92. The van der Waals surface area contributed by atoms with Gasteiger partial charge in [-0.25, -0.2) is 5.43 Å². The number of pyridine rings is 1. The molecule has 2 aromatic rings. The van der Waals surface area contributed by atoms with Crippen molar-refractivity contribution in [2.45, 2.75) is 0 Å². The van der Waals surface area contributed by atoms with Gasteiger partial charge < -0.3 is 5.21 Å². The molecule has 6 nitrogen and oxygen atoms in total. The van der Waals surface area contributed by atoms with Gasteiger partial charge in [-0.05, 0) is 18.2 Å². The summed E-state index contributed by atoms with van der Waals surface area (Å²) in [5.41, 5.74) is 3.85. The first kappa shape index (κ1) is 14.7. The monoisotopic (exact) mass is 302 g/mol. The van der Waals surface area contributed by atoms with Crippen LogP contribution >= 0.6 is 11.6 Å². The maximum Gasteiger partial charge on any atom is 0.272 e. The van der Waals surface area contributed by atoms with Crippen LogP contribution in [0.1, 0.15) is 21.6 Å². The normalized spacial score (nSPS) is 11.1. The number of carbonyl (C=O) groups is 1. The lowest BCUT2D eigenvalue weighted by molar-refractivity contribution is 0.0955. The molecule has 2 N–H and O–H groups in total. The summed E-state index contributed by atoms with van der Waals surface area (Å²) in [4.78, 5) is 15.7. The van der Waals surface area contributed by atoms with E-state index in [-0.39, 0.29) is 0 Å². The maximum absolute atomic E-state index is 11.8. The van der Waals surface area contributed by atoms with E-state index in [1.54, 1.807) is 30.3 Å². The van der Waals surface area contributed by atoms with Gasteiger partial charge in [0.05, 0.1) is 23.7 Å². The average molecular weight is 303 g/mol. The van der Waals surface area contributed by atoms with Crippen LogP contribution in [0.5, 0.6) is 0 Å². The summed E-state index contributed by atoms with van der Waals surface area (Å²) in [5, 5.41) is 15.6. The van der Waals surface area contributed by atoms with Gasteiger partial charge in [-0.1, -0.05) is 35.0 Å². The fourth-order valence-corrected chi connectivity index (χ4v) is 1.66. The van der Waals surface area contributed by atoms with E-state index in [9.17, 15) is 4.79 Å². The van der Waals surface area contributed by atoms with E-state index in [4.69, 9.17) is 16.8 Å². The van der Waals surface area contributed by atoms with Crippen LogP contribution in [0.2, 0.25) is 5.02 Å². The highest BCUT2D eigenvalue weighted by Gasteiger charge is 2.04. The van der Waals surface area contributed by atoms with Gasteiger partial charge in [0.15, 0.2) is 0 Å². The van der Waals surface area contributed by atoms with Crippen LogP contribution in [0.15, 0.2) is 52.9 Å². The third-order valence-electron chi connectivity index (χ3n) is 2.51. The molecular formula is C14H11ClN4O2. The van der Waals surface area contributed by atoms with E-state index in [1.807, 2.05) is 6.07 Å². The van der Waals surface area contributed by atoms with E-state index in [2.05, 4.69) is 20.7 Å². The minimum atomic E-state index is -0.404. The predicted octanol–water partition coefficient (Wildman–Crippen LogP) is 2.31. The quantitative estimate of drug-likeness (QED) is 0.516. The van der Waals surface area contributed by atoms with Gasteiger partial charge in [-0.3, -0.25) is 9.78 Å². The van der Waals surface area contributed by atoms with Crippen molar-refractivity contribution in [1.82, 2.24) is 10.4 Å². The number of rotatable bonds is 4. The molecule has 0 saturated heterocycles. The molecule has 1 aromatic carbocycles. The van der Waals surface area contributed by atoms with Crippen LogP contribution in [0.3, 0.4) is 0 Å². The van der Waals surface area contributed by atoms with Crippen molar-refractivity contribution in [2.24, 2.45) is 10.3 Å². The summed E-state index contributed by atoms with van der Waals surface area (Å²) >= 11 is 5.96. The Balaban J connectivity index is 2.00. The SMILES string of the molecule is O=C(N/N=C\c1ccccc1Cl)c1ccc(/C=N\O)nc1. The van der Waals surface area contributed by atoms with Gasteiger partial charge in [0.1, 0.15) is 0 Å². The summed E-state index contributed by atoms with van der Waals surface area (Å²) in [6.45, 7) is 0. The molecule has 106 valence electrons. The largest absolute Gasteiger partial charge is 0.411 e. The number of nitrogens with zero attached hydrogens (tertiary/aromatic N) is 3. The standard InChI is InChI=1S/C14H11ClN4O2/c15-13-4-2-1-3-10(13)8-17-19-14(20)11-5-6-12(9-18-21)16-7-11/h1-9,21H,(H,19,20)/b17-8-,18-9-. The zero-order chi connectivity index (χ0) is 15.1. The number of benzene rings is 1. The molecule has 0 aliphatic rings. The number of hydrazone groups is 1. The fourth-order valence-electron chi connectivity index (χ4n) is 1.48. The van der Waals surface area contributed by atoms with Gasteiger partial charge in [-0.2, -0.15) is 5.10 Å². The van der Waals surface area contributed by atoms with Gasteiger partial charge in [0.2, 0.25) is 0 Å². The highest BCUT2D eigenvalue weighted by molar-refractivity contribution is 6.33. The molecule has 0 fully saturated rings. The van der Waals surface area contributed by atoms with Gasteiger partial charge in [0, 0.05) is 16.8 Å². The molecule has 0 saturated carbocycles. The average Bonchev–Trinajstić information content (AvgIpc) is 2.50. The Bertz CT molecular complexity index is 684. The fraction of sp³-hybridized carbons (Fsp3) is 0. The van der Waals surface area contributed by atoms with Gasteiger partial charge >= 0.3 is 0 Å². The van der Waals surface area contributed by atoms with Crippen LogP contribution in [-0.4, -0.2) is 28.5 Å². The minimum Gasteiger partial charge on any atom is -0.411 e. The molecule has 1 aromatic heterocycles. The minimum absolute atomic E-state index is 0.335. The molecule has 2 rings (SSSR count). The number of hydrogen-bond donors (Lipinski definition) is 2. The first-order valence-corrected chi connectivity index (χ1v) is 6.30. The lowest BCUT2D eigenvalue weighted by atomic mass is 10.2. The van der Waals surface area contributed by atoms with Crippen molar-refractivity contribution >= 4 is 29.9 Å². The lowest BCUT2D eigenvalue weighted by Gasteiger charge is -2.00. The van der Waals surface area contributed by atoms with Crippen LogP contribution < -0.4 is 5.43 Å². The third-order valence-corrected chi connectivity index (χ3v) is 2.86. The summed E-state index contributed by atoms with van der Waals surface area (Å²) in [7, 11) is 0. The Morgan fingerprint density at radius 2 is 2.05 bits per heavy atom. The highest BCUT2D eigenvalue weighted by atomic mass is 35.5. The first-order chi connectivity index (χ1) is 10.2. The molecule has 7 heteroatoms. The van der Waals surface area contributed by atoms with E-state index in [0.29, 0.717) is 21.8 Å². The van der Waals surface area contributed by atoms with E-state index in [0.717, 1.165) is 6.21 Å². The van der Waals surface area contributed by atoms with Crippen LogP contribution in [0, 0.1) is 0 Å². The Hall–Kier alpha value is -2.73. The number of oxime groups is 1. The van der Waals surface area contributed by atoms with E-state index < -0.39 is 5.91 Å². The van der Waals surface area contributed by atoms with E-state index >= 15 is 0 Å². The van der Waals surface area contributed by atoms with E-state index in [1.165, 1.54) is 12.4 Å². The zero-order valence-corrected chi connectivity index (χ0v) is 11.5. The smallest absolute Gasteiger partial charge is 0.272 e. The number of hydrogen-bond acceptors (Lipinski definition) is 5. The van der Waals surface area contributed by atoms with Crippen LogP contribution in [-0.2, 0) is 0 Å². The second-order valence-electron chi connectivity index (χ2n) is 3.94. The molecule has 0 radical (unpaired) electrons. The van der Waals surface area contributed by atoms with Crippen molar-refractivity contribution in [3.05, 3.63) is 64.4 Å². The second-order valence-corrected chi connectivity index (χ2v) is 4.34. The zero-order valence-electron chi connectivity index (χ0n) is 10.8. The van der Waals surface area contributed by atoms with Crippen LogP contribution in [0.4, 0.5) is 0 Å². The Morgan fingerprint density at radius 3 is 2.71 bits per heavy atom. The number of halogens is 1. The number of carbonyl (C=O) groups excluding carboxylic acids is 1. The number of amides is 1. The number of aromatic nitrogens is 1. The predicted molar refractivity (Wildman–Crippen MR) is 80.1 cm³/mol. The third kappa shape index (κ3) is 4.12. The molecule has 1 heterocycles. The molecule has 0 spiro atoms. The van der Waals surface area contributed by atoms with Crippen molar-refractivity contribution in [1.29, 1.82) is 0 Å². The molecule has 0 atom stereocenters. The van der Waals surface area contributed by atoms with Crippen molar-refractivity contribution in [3.8, 4) is 0 Å². The molecule has 0 bridgehead atoms. The summed E-state index contributed by atoms with van der Waals surface area (Å²) in [6, 6.07) is 10.2. The molecular weight excluding hydrogens is 292 g/mol. The molecule has 0 aliphatic heterocycles. The second kappa shape index (κ2) is 7.16. The Kier molecular flexibility index (Phi) is 5.00. The highest BCUT2D eigenvalue weighted by Crippen LogP contribution is 2.12. The van der Waals surface area contributed by atoms with Crippen LogP contribution in [0.25, 0.3) is 0 Å². The molecule has 21 heavy (non-hydrogen) atoms. The van der Waals surface area contributed by atoms with Crippen molar-refractivity contribution < 1.29 is 10.0 Å². The summed E-state index contributed by atoms with van der Waals surface area (Å²) in [6.07, 6.45) is 3.98. The van der Waals surface area contributed by atoms with Crippen molar-refractivity contribution in [2.75, 3.05) is 0 Å². The Labute approximate surface area is 125 Å². The summed E-state index contributed by atoms with van der Waals surface area (Å²) in [5.74, 6) is -0.404. The maximum atomic E-state index is 11.8.